The summed E-state index contributed by atoms with van der Waals surface area (Å²) in [4.78, 5) is 1.77. The Morgan fingerprint density at radius 2 is 1.67 bits per heavy atom. The fraction of sp³-hybridized carbons (Fsp3) is 0.355. The number of aromatic hydroxyl groups is 1. The molecule has 2 N–H and O–H groups in total. The van der Waals surface area contributed by atoms with Crippen LogP contribution < -0.4 is 4.74 Å². The van der Waals surface area contributed by atoms with Crippen molar-refractivity contribution in [2.24, 2.45) is 0 Å². The van der Waals surface area contributed by atoms with Crippen LogP contribution in [0.2, 0.25) is 0 Å². The molecule has 0 spiro atoms. The monoisotopic (exact) mass is 543 g/mol. The van der Waals surface area contributed by atoms with Crippen molar-refractivity contribution in [1.82, 2.24) is 4.90 Å². The highest BCUT2D eigenvalue weighted by Crippen LogP contribution is 2.45. The summed E-state index contributed by atoms with van der Waals surface area (Å²) in [5, 5.41) is 19.6. The molecule has 0 atom stereocenters. The molecule has 0 saturated carbocycles. The Bertz CT molecular complexity index is 1300. The smallest absolute Gasteiger partial charge is 0.417 e. The number of benzene rings is 3. The van der Waals surface area contributed by atoms with Crippen molar-refractivity contribution in [2.45, 2.75) is 38.3 Å². The lowest BCUT2D eigenvalue weighted by molar-refractivity contribution is -0.137. The van der Waals surface area contributed by atoms with E-state index in [0.29, 0.717) is 56.3 Å². The van der Waals surface area contributed by atoms with Crippen molar-refractivity contribution < 1.29 is 32.5 Å². The van der Waals surface area contributed by atoms with Crippen LogP contribution in [0.4, 0.5) is 17.6 Å². The highest BCUT2D eigenvalue weighted by Gasteiger charge is 2.36. The fourth-order valence-electron chi connectivity index (χ4n) is 5.18. The zero-order valence-electron chi connectivity index (χ0n) is 21.9. The van der Waals surface area contributed by atoms with E-state index >= 15 is 0 Å². The first kappa shape index (κ1) is 28.6. The largest absolute Gasteiger partial charge is 0.508 e. The van der Waals surface area contributed by atoms with Crippen LogP contribution >= 0.6 is 0 Å². The maximum absolute atomic E-state index is 14.3. The van der Waals surface area contributed by atoms with E-state index in [9.17, 15) is 27.8 Å². The quantitative estimate of drug-likeness (QED) is 0.217. The number of alkyl halides is 4. The Hall–Kier alpha value is -3.36. The number of halogens is 4. The van der Waals surface area contributed by atoms with Gasteiger partial charge in [-0.2, -0.15) is 13.2 Å². The predicted molar refractivity (Wildman–Crippen MR) is 144 cm³/mol. The van der Waals surface area contributed by atoms with Crippen LogP contribution in [-0.2, 0) is 19.0 Å². The van der Waals surface area contributed by atoms with Gasteiger partial charge in [0, 0.05) is 13.1 Å². The minimum atomic E-state index is -4.57. The Labute approximate surface area is 226 Å². The van der Waals surface area contributed by atoms with E-state index in [1.165, 1.54) is 13.2 Å². The average molecular weight is 544 g/mol. The second kappa shape index (κ2) is 12.7. The SMILES string of the molecule is COc1ccc(C2=C(c3ccc(CCN(CO)CCCF)cc3)c3ccc(O)cc3CCC2)c(C(F)(F)F)c1. The summed E-state index contributed by atoms with van der Waals surface area (Å²) in [5.74, 6) is 0.258. The summed E-state index contributed by atoms with van der Waals surface area (Å²) in [6.45, 7) is 0.439. The van der Waals surface area contributed by atoms with Crippen LogP contribution in [0.1, 0.15) is 52.6 Å². The van der Waals surface area contributed by atoms with Crippen molar-refractivity contribution in [2.75, 3.05) is 33.6 Å². The van der Waals surface area contributed by atoms with Gasteiger partial charge in [0.05, 0.1) is 26.1 Å². The van der Waals surface area contributed by atoms with Gasteiger partial charge in [0.15, 0.2) is 0 Å². The first-order valence-corrected chi connectivity index (χ1v) is 13.0. The molecule has 0 heterocycles. The lowest BCUT2D eigenvalue weighted by Gasteiger charge is -2.21. The van der Waals surface area contributed by atoms with E-state index < -0.39 is 18.4 Å². The third-order valence-electron chi connectivity index (χ3n) is 7.16. The van der Waals surface area contributed by atoms with E-state index in [1.807, 2.05) is 24.3 Å². The van der Waals surface area contributed by atoms with E-state index in [2.05, 4.69) is 0 Å². The van der Waals surface area contributed by atoms with Gasteiger partial charge < -0.3 is 14.9 Å². The maximum atomic E-state index is 14.3. The van der Waals surface area contributed by atoms with E-state index in [1.54, 1.807) is 29.2 Å². The number of fused-ring (bicyclic) bond motifs is 1. The molecule has 1 aliphatic carbocycles. The van der Waals surface area contributed by atoms with Crippen molar-refractivity contribution in [3.63, 3.8) is 0 Å². The lowest BCUT2D eigenvalue weighted by atomic mass is 9.85. The minimum absolute atomic E-state index is 0.119. The first-order chi connectivity index (χ1) is 18.7. The van der Waals surface area contributed by atoms with Gasteiger partial charge in [0.25, 0.3) is 0 Å². The van der Waals surface area contributed by atoms with Gasteiger partial charge in [-0.05, 0) is 95.3 Å². The Morgan fingerprint density at radius 1 is 0.923 bits per heavy atom. The van der Waals surface area contributed by atoms with Gasteiger partial charge in [-0.15, -0.1) is 0 Å². The molecule has 0 aromatic heterocycles. The number of aliphatic hydroxyl groups excluding tert-OH is 1. The van der Waals surface area contributed by atoms with Gasteiger partial charge in [-0.1, -0.05) is 36.4 Å². The fourth-order valence-corrected chi connectivity index (χ4v) is 5.18. The summed E-state index contributed by atoms with van der Waals surface area (Å²) in [7, 11) is 1.34. The first-order valence-electron chi connectivity index (χ1n) is 13.0. The zero-order valence-corrected chi connectivity index (χ0v) is 21.9. The highest BCUT2D eigenvalue weighted by molar-refractivity contribution is 6.00. The second-order valence-electron chi connectivity index (χ2n) is 9.71. The van der Waals surface area contributed by atoms with E-state index in [0.717, 1.165) is 28.3 Å². The Morgan fingerprint density at radius 3 is 2.33 bits per heavy atom. The Kier molecular flexibility index (Phi) is 9.30. The van der Waals surface area contributed by atoms with Gasteiger partial charge in [0.1, 0.15) is 11.5 Å². The number of methoxy groups -OCH3 is 1. The van der Waals surface area contributed by atoms with Crippen molar-refractivity contribution >= 4 is 11.1 Å². The van der Waals surface area contributed by atoms with E-state index in [4.69, 9.17) is 4.74 Å². The van der Waals surface area contributed by atoms with Crippen LogP contribution in [0, 0.1) is 0 Å². The number of aliphatic hydroxyl groups is 1. The molecule has 4 rings (SSSR count). The number of hydrogen-bond acceptors (Lipinski definition) is 4. The zero-order chi connectivity index (χ0) is 28.0. The normalized spacial score (nSPS) is 13.9. The molecule has 4 nitrogen and oxygen atoms in total. The molecule has 0 bridgehead atoms. The van der Waals surface area contributed by atoms with Crippen LogP contribution in [0.3, 0.4) is 0 Å². The number of ether oxygens (including phenoxy) is 1. The number of rotatable bonds is 10. The van der Waals surface area contributed by atoms with Crippen molar-refractivity contribution in [3.05, 3.63) is 94.0 Å². The molecule has 0 radical (unpaired) electrons. The molecule has 0 aliphatic heterocycles. The number of phenols is 1. The van der Waals surface area contributed by atoms with Crippen molar-refractivity contribution in [3.8, 4) is 11.5 Å². The summed E-state index contributed by atoms with van der Waals surface area (Å²) in [6.07, 6.45) is -1.88. The summed E-state index contributed by atoms with van der Waals surface area (Å²) < 4.78 is 60.4. The summed E-state index contributed by atoms with van der Waals surface area (Å²) in [6, 6.07) is 16.8. The topological polar surface area (TPSA) is 52.9 Å². The molecule has 0 saturated heterocycles. The minimum Gasteiger partial charge on any atom is -0.508 e. The van der Waals surface area contributed by atoms with Crippen LogP contribution in [0.25, 0.3) is 11.1 Å². The average Bonchev–Trinajstić information content (AvgIpc) is 3.11. The molecule has 0 amide bonds. The van der Waals surface area contributed by atoms with Crippen molar-refractivity contribution in [1.29, 1.82) is 0 Å². The van der Waals surface area contributed by atoms with Gasteiger partial charge >= 0.3 is 6.18 Å². The molecule has 208 valence electrons. The third kappa shape index (κ3) is 6.81. The van der Waals surface area contributed by atoms with Crippen LogP contribution in [0.15, 0.2) is 60.7 Å². The van der Waals surface area contributed by atoms with Crippen LogP contribution in [0.5, 0.6) is 11.5 Å². The standard InChI is InChI=1S/C31H33F4NO3/c1-39-25-11-13-27(29(19-25)31(33,34)35)28-5-2-4-23-18-24(38)10-12-26(23)30(28)22-8-6-21(7-9-22)14-17-36(20-37)16-3-15-32/h6-13,18-19,37-38H,2-5,14-17,20H2,1H3. The summed E-state index contributed by atoms with van der Waals surface area (Å²) in [5.41, 5.74) is 4.15. The van der Waals surface area contributed by atoms with Gasteiger partial charge in [0.2, 0.25) is 0 Å². The van der Waals surface area contributed by atoms with E-state index in [-0.39, 0.29) is 23.8 Å². The molecular formula is C31H33F4NO3. The molecule has 3 aromatic rings. The molecular weight excluding hydrogens is 510 g/mol. The van der Waals surface area contributed by atoms with Gasteiger partial charge in [-0.3, -0.25) is 9.29 Å². The number of phenolic OH excluding ortho intramolecular Hbond substituents is 1. The number of allylic oxidation sites excluding steroid dienone is 1. The molecule has 1 aliphatic rings. The van der Waals surface area contributed by atoms with Crippen LogP contribution in [-0.4, -0.2) is 48.7 Å². The number of aryl methyl sites for hydroxylation is 1. The Balaban J connectivity index is 1.81. The lowest BCUT2D eigenvalue weighted by Crippen LogP contribution is -2.28. The predicted octanol–water partition coefficient (Wildman–Crippen LogP) is 6.87. The van der Waals surface area contributed by atoms with Gasteiger partial charge in [-0.25, -0.2) is 0 Å². The molecule has 39 heavy (non-hydrogen) atoms. The molecule has 0 unspecified atom stereocenters. The maximum Gasteiger partial charge on any atom is 0.417 e. The molecule has 0 fully saturated rings. The second-order valence-corrected chi connectivity index (χ2v) is 9.71. The molecule has 8 heteroatoms. The highest BCUT2D eigenvalue weighted by atomic mass is 19.4. The molecule has 3 aromatic carbocycles. The summed E-state index contributed by atoms with van der Waals surface area (Å²) >= 11 is 0. The number of hydrogen-bond donors (Lipinski definition) is 2. The number of nitrogens with zero attached hydrogens (tertiary/aromatic N) is 1. The third-order valence-corrected chi connectivity index (χ3v) is 7.16.